The van der Waals surface area contributed by atoms with E-state index >= 15 is 0 Å². The van der Waals surface area contributed by atoms with Crippen LogP contribution >= 0.6 is 11.3 Å². The van der Waals surface area contributed by atoms with Crippen LogP contribution in [0.1, 0.15) is 32.6 Å². The van der Waals surface area contributed by atoms with Gasteiger partial charge in [0.1, 0.15) is 0 Å². The largest absolute Gasteiger partial charge is 0.416 e. The molecule has 0 radical (unpaired) electrons. The third-order valence-corrected chi connectivity index (χ3v) is 5.07. The Hall–Kier alpha value is -2.67. The Morgan fingerprint density at radius 2 is 1.63 bits per heavy atom. The maximum absolute atomic E-state index is 12.6. The maximum atomic E-state index is 12.6. The lowest BCUT2D eigenvalue weighted by Gasteiger charge is -2.08. The zero-order chi connectivity index (χ0) is 19.8. The molecule has 0 aliphatic carbocycles. The number of amides is 1. The van der Waals surface area contributed by atoms with Crippen molar-refractivity contribution in [3.63, 3.8) is 0 Å². The summed E-state index contributed by atoms with van der Waals surface area (Å²) in [6.45, 7) is 6.07. The molecule has 1 amide bonds. The van der Waals surface area contributed by atoms with E-state index in [4.69, 9.17) is 0 Å². The number of benzene rings is 2. The topological polar surface area (TPSA) is 42.0 Å². The fourth-order valence-electron chi connectivity index (χ4n) is 2.67. The van der Waals surface area contributed by atoms with Gasteiger partial charge >= 0.3 is 6.18 Å². The Morgan fingerprint density at radius 1 is 1.00 bits per heavy atom. The van der Waals surface area contributed by atoms with Gasteiger partial charge in [-0.25, -0.2) is 4.98 Å². The van der Waals surface area contributed by atoms with Gasteiger partial charge in [0.2, 0.25) is 0 Å². The fourth-order valence-corrected chi connectivity index (χ4v) is 3.38. The number of carbonyl (C=O) groups excluding carboxylic acids is 1. The molecule has 0 saturated heterocycles. The van der Waals surface area contributed by atoms with Gasteiger partial charge in [-0.2, -0.15) is 13.2 Å². The van der Waals surface area contributed by atoms with Crippen molar-refractivity contribution in [1.82, 2.24) is 4.98 Å². The summed E-state index contributed by atoms with van der Waals surface area (Å²) in [4.78, 5) is 16.7. The molecule has 0 fully saturated rings. The molecule has 2 aromatic carbocycles. The van der Waals surface area contributed by atoms with E-state index in [0.29, 0.717) is 5.13 Å². The summed E-state index contributed by atoms with van der Waals surface area (Å²) in [5.74, 6) is -0.499. The normalized spacial score (nSPS) is 11.5. The van der Waals surface area contributed by atoms with Crippen molar-refractivity contribution in [2.24, 2.45) is 0 Å². The summed E-state index contributed by atoms with van der Waals surface area (Å²) in [6, 6.07) is 8.23. The van der Waals surface area contributed by atoms with E-state index in [1.165, 1.54) is 16.9 Å². The van der Waals surface area contributed by atoms with Crippen LogP contribution in [0.25, 0.3) is 11.3 Å². The van der Waals surface area contributed by atoms with Crippen LogP contribution in [-0.4, -0.2) is 10.9 Å². The highest BCUT2D eigenvalue weighted by molar-refractivity contribution is 7.14. The average Bonchev–Trinajstić information content (AvgIpc) is 3.05. The molecular weight excluding hydrogens is 373 g/mol. The van der Waals surface area contributed by atoms with E-state index in [9.17, 15) is 18.0 Å². The number of alkyl halides is 3. The number of aryl methyl sites for hydroxylation is 3. The number of thiazole rings is 1. The highest BCUT2D eigenvalue weighted by atomic mass is 32.1. The summed E-state index contributed by atoms with van der Waals surface area (Å²) in [5.41, 5.74) is 4.53. The van der Waals surface area contributed by atoms with Crippen molar-refractivity contribution in [3.05, 3.63) is 69.6 Å². The van der Waals surface area contributed by atoms with Gasteiger partial charge in [-0.1, -0.05) is 6.07 Å². The second-order valence-electron chi connectivity index (χ2n) is 6.32. The van der Waals surface area contributed by atoms with Crippen LogP contribution in [0, 0.1) is 20.8 Å². The van der Waals surface area contributed by atoms with Gasteiger partial charge in [0.05, 0.1) is 11.3 Å². The fraction of sp³-hybridized carbons (Fsp3) is 0.200. The van der Waals surface area contributed by atoms with Gasteiger partial charge in [-0.15, -0.1) is 11.3 Å². The lowest BCUT2D eigenvalue weighted by Crippen LogP contribution is -2.12. The number of nitrogens with zero attached hydrogens (tertiary/aromatic N) is 1. The van der Waals surface area contributed by atoms with Gasteiger partial charge in [0.25, 0.3) is 5.91 Å². The monoisotopic (exact) mass is 390 g/mol. The number of aromatic nitrogens is 1. The summed E-state index contributed by atoms with van der Waals surface area (Å²) in [7, 11) is 0. The van der Waals surface area contributed by atoms with Crippen molar-refractivity contribution in [1.29, 1.82) is 0 Å². The van der Waals surface area contributed by atoms with Crippen molar-refractivity contribution in [2.45, 2.75) is 26.9 Å². The molecule has 7 heteroatoms. The summed E-state index contributed by atoms with van der Waals surface area (Å²) >= 11 is 1.27. The number of rotatable bonds is 3. The molecule has 3 nitrogen and oxygen atoms in total. The molecule has 140 valence electrons. The number of anilines is 1. The van der Waals surface area contributed by atoms with Crippen molar-refractivity contribution < 1.29 is 18.0 Å². The quantitative estimate of drug-likeness (QED) is 0.595. The zero-order valence-corrected chi connectivity index (χ0v) is 15.8. The van der Waals surface area contributed by atoms with E-state index in [0.717, 1.165) is 46.6 Å². The van der Waals surface area contributed by atoms with Crippen LogP contribution in [0.5, 0.6) is 0 Å². The lowest BCUT2D eigenvalue weighted by atomic mass is 9.99. The molecule has 0 aliphatic heterocycles. The molecule has 27 heavy (non-hydrogen) atoms. The molecule has 3 rings (SSSR count). The van der Waals surface area contributed by atoms with Crippen LogP contribution < -0.4 is 5.32 Å². The number of carbonyl (C=O) groups is 1. The first-order valence-electron chi connectivity index (χ1n) is 8.17. The smallest absolute Gasteiger partial charge is 0.298 e. The summed E-state index contributed by atoms with van der Waals surface area (Å²) in [6.07, 6.45) is -4.43. The Labute approximate surface area is 158 Å². The van der Waals surface area contributed by atoms with Gasteiger partial charge in [-0.05, 0) is 67.8 Å². The first-order chi connectivity index (χ1) is 12.6. The number of hydrogen-bond donors (Lipinski definition) is 1. The van der Waals surface area contributed by atoms with Crippen LogP contribution in [0.3, 0.4) is 0 Å². The summed E-state index contributed by atoms with van der Waals surface area (Å²) in [5, 5.41) is 4.88. The zero-order valence-electron chi connectivity index (χ0n) is 14.9. The standard InChI is InChI=1S/C20H17F3N2OS/c1-11-8-13(3)16(9-12(11)2)17-10-27-19(24-17)25-18(26)14-4-6-15(7-5-14)20(21,22)23/h4-10H,1-3H3,(H,24,25,26). The minimum absolute atomic E-state index is 0.141. The Balaban J connectivity index is 1.78. The highest BCUT2D eigenvalue weighted by Crippen LogP contribution is 2.31. The Bertz CT molecular complexity index is 991. The maximum Gasteiger partial charge on any atom is 0.416 e. The van der Waals surface area contributed by atoms with E-state index in [2.05, 4.69) is 22.4 Å². The van der Waals surface area contributed by atoms with Crippen LogP contribution in [0.4, 0.5) is 18.3 Å². The molecule has 0 saturated carbocycles. The molecule has 1 heterocycles. The molecule has 0 spiro atoms. The molecular formula is C20H17F3N2OS. The van der Waals surface area contributed by atoms with Gasteiger partial charge in [0, 0.05) is 16.5 Å². The SMILES string of the molecule is Cc1cc(C)c(-c2csc(NC(=O)c3ccc(C(F)(F)F)cc3)n2)cc1C. The predicted molar refractivity (Wildman–Crippen MR) is 101 cm³/mol. The minimum atomic E-state index is -4.43. The van der Waals surface area contributed by atoms with Gasteiger partial charge in [-0.3, -0.25) is 10.1 Å². The second kappa shape index (κ2) is 7.15. The van der Waals surface area contributed by atoms with E-state index < -0.39 is 17.6 Å². The average molecular weight is 390 g/mol. The Kier molecular flexibility index (Phi) is 5.06. The first-order valence-corrected chi connectivity index (χ1v) is 9.05. The van der Waals surface area contributed by atoms with E-state index in [1.807, 2.05) is 26.2 Å². The van der Waals surface area contributed by atoms with Crippen molar-refractivity contribution in [3.8, 4) is 11.3 Å². The Morgan fingerprint density at radius 3 is 2.26 bits per heavy atom. The van der Waals surface area contributed by atoms with Crippen LogP contribution in [0.2, 0.25) is 0 Å². The first kappa shape index (κ1) is 19.1. The van der Waals surface area contributed by atoms with Crippen molar-refractivity contribution >= 4 is 22.4 Å². The summed E-state index contributed by atoms with van der Waals surface area (Å²) < 4.78 is 37.8. The van der Waals surface area contributed by atoms with Gasteiger partial charge in [0.15, 0.2) is 5.13 Å². The highest BCUT2D eigenvalue weighted by Gasteiger charge is 2.30. The molecule has 0 aliphatic rings. The minimum Gasteiger partial charge on any atom is -0.298 e. The molecule has 1 aromatic heterocycles. The molecule has 3 aromatic rings. The second-order valence-corrected chi connectivity index (χ2v) is 7.18. The third kappa shape index (κ3) is 4.19. The van der Waals surface area contributed by atoms with E-state index in [1.54, 1.807) is 0 Å². The predicted octanol–water partition coefficient (Wildman–Crippen LogP) is 6.01. The number of halogens is 3. The molecule has 0 unspecified atom stereocenters. The van der Waals surface area contributed by atoms with Gasteiger partial charge < -0.3 is 0 Å². The third-order valence-electron chi connectivity index (χ3n) is 4.32. The number of nitrogens with one attached hydrogen (secondary N) is 1. The molecule has 0 bridgehead atoms. The lowest BCUT2D eigenvalue weighted by molar-refractivity contribution is -0.137. The molecule has 0 atom stereocenters. The van der Waals surface area contributed by atoms with Crippen LogP contribution in [0.15, 0.2) is 41.8 Å². The van der Waals surface area contributed by atoms with Crippen LogP contribution in [-0.2, 0) is 6.18 Å². The van der Waals surface area contributed by atoms with E-state index in [-0.39, 0.29) is 5.56 Å². The molecule has 1 N–H and O–H groups in total. The van der Waals surface area contributed by atoms with Crippen molar-refractivity contribution in [2.75, 3.05) is 5.32 Å². The number of hydrogen-bond acceptors (Lipinski definition) is 3.